The van der Waals surface area contributed by atoms with Gasteiger partial charge in [-0.15, -0.1) is 0 Å². The van der Waals surface area contributed by atoms with Gasteiger partial charge in [0.2, 0.25) is 0 Å². The zero-order chi connectivity index (χ0) is 10.4. The lowest BCUT2D eigenvalue weighted by Gasteiger charge is -2.19. The third-order valence-corrected chi connectivity index (χ3v) is 1.33. The van der Waals surface area contributed by atoms with E-state index >= 15 is 0 Å². The molecule has 7 nitrogen and oxygen atoms in total. The van der Waals surface area contributed by atoms with Crippen molar-refractivity contribution in [2.45, 2.75) is 6.10 Å². The molecule has 7 heteroatoms. The van der Waals surface area contributed by atoms with Gasteiger partial charge in [0.1, 0.15) is 0 Å². The third-order valence-electron chi connectivity index (χ3n) is 1.33. The molecule has 0 unspecified atom stereocenters. The van der Waals surface area contributed by atoms with Crippen LogP contribution >= 0.6 is 0 Å². The van der Waals surface area contributed by atoms with Crippen molar-refractivity contribution in [2.24, 2.45) is 11.5 Å². The Morgan fingerprint density at radius 3 is 2.38 bits per heavy atom. The van der Waals surface area contributed by atoms with Gasteiger partial charge >= 0.3 is 6.09 Å². The van der Waals surface area contributed by atoms with Gasteiger partial charge in [-0.05, 0) is 0 Å². The number of likely N-dealkylation sites (N-methyl/N-ethyl adjacent to an activating group) is 1. The van der Waals surface area contributed by atoms with Crippen LogP contribution in [-0.4, -0.2) is 43.9 Å². The maximum absolute atomic E-state index is 11.2. The fourth-order valence-corrected chi connectivity index (χ4v) is 0.632. The minimum atomic E-state index is -1.09. The molecule has 0 saturated heterocycles. The van der Waals surface area contributed by atoms with E-state index in [4.69, 9.17) is 11.5 Å². The highest BCUT2D eigenvalue weighted by Gasteiger charge is 2.23. The van der Waals surface area contributed by atoms with E-state index in [9.17, 15) is 9.59 Å². The summed E-state index contributed by atoms with van der Waals surface area (Å²) >= 11 is 0. The van der Waals surface area contributed by atoms with Gasteiger partial charge in [0.05, 0.1) is 7.11 Å². The van der Waals surface area contributed by atoms with Gasteiger partial charge in [-0.3, -0.25) is 9.63 Å². The molecule has 13 heavy (non-hydrogen) atoms. The number of ether oxygens (including phenoxy) is 1. The molecule has 0 aromatic heterocycles. The summed E-state index contributed by atoms with van der Waals surface area (Å²) in [6, 6.07) is 0. The summed E-state index contributed by atoms with van der Waals surface area (Å²) in [5, 5.41) is 0.903. The minimum Gasteiger partial charge on any atom is -0.435 e. The predicted octanol–water partition coefficient (Wildman–Crippen LogP) is -1.57. The lowest BCUT2D eigenvalue weighted by Crippen LogP contribution is -2.43. The number of rotatable bonds is 4. The number of hydrogen-bond donors (Lipinski definition) is 2. The normalized spacial score (nSPS) is 11.9. The summed E-state index contributed by atoms with van der Waals surface area (Å²) in [6.45, 7) is -0.143. The number of hydroxylamine groups is 2. The summed E-state index contributed by atoms with van der Waals surface area (Å²) in [5.74, 6) is -0.566. The molecule has 76 valence electrons. The molecule has 0 aliphatic heterocycles. The molecule has 4 N–H and O–H groups in total. The molecule has 0 aliphatic rings. The molecule has 0 fully saturated rings. The minimum absolute atomic E-state index is 0.143. The van der Waals surface area contributed by atoms with Crippen molar-refractivity contribution in [3.8, 4) is 0 Å². The van der Waals surface area contributed by atoms with Crippen LogP contribution in [0.2, 0.25) is 0 Å². The Balaban J connectivity index is 4.22. The summed E-state index contributed by atoms with van der Waals surface area (Å²) in [7, 11) is 2.67. The Hall–Kier alpha value is -1.34. The molecule has 0 spiro atoms. The van der Waals surface area contributed by atoms with Gasteiger partial charge in [0, 0.05) is 13.6 Å². The predicted molar refractivity (Wildman–Crippen MR) is 43.3 cm³/mol. The van der Waals surface area contributed by atoms with Gasteiger partial charge in [0.25, 0.3) is 5.91 Å². The van der Waals surface area contributed by atoms with Crippen LogP contribution in [0.15, 0.2) is 0 Å². The Bertz CT molecular complexity index is 196. The smallest absolute Gasteiger partial charge is 0.405 e. The largest absolute Gasteiger partial charge is 0.435 e. The van der Waals surface area contributed by atoms with Gasteiger partial charge in [-0.25, -0.2) is 9.86 Å². The van der Waals surface area contributed by atoms with Crippen molar-refractivity contribution < 1.29 is 19.2 Å². The second kappa shape index (κ2) is 5.33. The van der Waals surface area contributed by atoms with Crippen LogP contribution in [0.4, 0.5) is 4.79 Å². The second-order valence-corrected chi connectivity index (χ2v) is 2.18. The van der Waals surface area contributed by atoms with Crippen molar-refractivity contribution in [3.05, 3.63) is 0 Å². The van der Waals surface area contributed by atoms with Gasteiger partial charge in [0.15, 0.2) is 6.10 Å². The summed E-state index contributed by atoms with van der Waals surface area (Å²) in [6.07, 6.45) is -2.14. The zero-order valence-corrected chi connectivity index (χ0v) is 7.52. The van der Waals surface area contributed by atoms with Gasteiger partial charge in [-0.1, -0.05) is 0 Å². The summed E-state index contributed by atoms with van der Waals surface area (Å²) in [5.41, 5.74) is 9.90. The van der Waals surface area contributed by atoms with Gasteiger partial charge in [-0.2, -0.15) is 0 Å². The van der Waals surface area contributed by atoms with Crippen LogP contribution in [0.25, 0.3) is 0 Å². The molecule has 1 atom stereocenters. The lowest BCUT2D eigenvalue weighted by molar-refractivity contribution is -0.177. The second-order valence-electron chi connectivity index (χ2n) is 2.18. The molecule has 0 aromatic carbocycles. The van der Waals surface area contributed by atoms with E-state index in [1.165, 1.54) is 14.2 Å². The van der Waals surface area contributed by atoms with Crippen LogP contribution in [0, 0.1) is 0 Å². The molecule has 0 aliphatic carbocycles. The van der Waals surface area contributed by atoms with Crippen LogP contribution in [-0.2, 0) is 14.4 Å². The molecule has 0 bridgehead atoms. The number of primary amides is 1. The number of carbonyl (C=O) groups is 2. The topological polar surface area (TPSA) is 108 Å². The van der Waals surface area contributed by atoms with E-state index in [-0.39, 0.29) is 6.54 Å². The first kappa shape index (κ1) is 11.7. The quantitative estimate of drug-likeness (QED) is 0.522. The SMILES string of the molecule is CON(C)C(=O)[C@H](CN)OC(N)=O. The number of nitrogens with zero attached hydrogens (tertiary/aromatic N) is 1. The molecule has 2 amide bonds. The van der Waals surface area contributed by atoms with Crippen molar-refractivity contribution in [1.82, 2.24) is 5.06 Å². The molecule has 0 aromatic rings. The average Bonchev–Trinajstić information content (AvgIpc) is 2.11. The van der Waals surface area contributed by atoms with E-state index in [2.05, 4.69) is 9.57 Å². The molecule has 0 heterocycles. The molecule has 0 saturated carbocycles. The van der Waals surface area contributed by atoms with Crippen molar-refractivity contribution in [3.63, 3.8) is 0 Å². The van der Waals surface area contributed by atoms with Crippen molar-refractivity contribution in [1.29, 1.82) is 0 Å². The standard InChI is InChI=1S/C6H13N3O4/c1-9(12-2)5(10)4(3-7)13-6(8)11/h4H,3,7H2,1-2H3,(H2,8,11)/t4-/m0/s1. The molecule has 0 rings (SSSR count). The lowest BCUT2D eigenvalue weighted by atomic mass is 10.3. The van der Waals surface area contributed by atoms with Crippen molar-refractivity contribution in [2.75, 3.05) is 20.7 Å². The highest BCUT2D eigenvalue weighted by Crippen LogP contribution is 1.96. The molecular weight excluding hydrogens is 178 g/mol. The van der Waals surface area contributed by atoms with Crippen LogP contribution in [0.3, 0.4) is 0 Å². The summed E-state index contributed by atoms with van der Waals surface area (Å²) in [4.78, 5) is 26.1. The Morgan fingerprint density at radius 2 is 2.08 bits per heavy atom. The van der Waals surface area contributed by atoms with Crippen molar-refractivity contribution >= 4 is 12.0 Å². The Morgan fingerprint density at radius 1 is 1.54 bits per heavy atom. The Labute approximate surface area is 75.5 Å². The first-order valence-corrected chi connectivity index (χ1v) is 3.50. The van der Waals surface area contributed by atoms with E-state index < -0.39 is 18.1 Å². The van der Waals surface area contributed by atoms with E-state index in [0.717, 1.165) is 5.06 Å². The highest BCUT2D eigenvalue weighted by molar-refractivity contribution is 5.82. The number of carbonyl (C=O) groups excluding carboxylic acids is 2. The molecule has 0 radical (unpaired) electrons. The fraction of sp³-hybridized carbons (Fsp3) is 0.667. The maximum atomic E-state index is 11.2. The summed E-state index contributed by atoms with van der Waals surface area (Å²) < 4.78 is 4.43. The van der Waals surface area contributed by atoms with Crippen LogP contribution < -0.4 is 11.5 Å². The third kappa shape index (κ3) is 3.72. The monoisotopic (exact) mass is 191 g/mol. The van der Waals surface area contributed by atoms with Gasteiger partial charge < -0.3 is 16.2 Å². The zero-order valence-electron chi connectivity index (χ0n) is 7.52. The van der Waals surface area contributed by atoms with E-state index in [1.54, 1.807) is 0 Å². The number of amides is 2. The Kier molecular flexibility index (Phi) is 4.78. The maximum Gasteiger partial charge on any atom is 0.405 e. The average molecular weight is 191 g/mol. The van der Waals surface area contributed by atoms with Crippen LogP contribution in [0.1, 0.15) is 0 Å². The fourth-order valence-electron chi connectivity index (χ4n) is 0.632. The first-order valence-electron chi connectivity index (χ1n) is 3.50. The molecular formula is C6H13N3O4. The highest BCUT2D eigenvalue weighted by atomic mass is 16.7. The number of nitrogens with two attached hydrogens (primary N) is 2. The first-order chi connectivity index (χ1) is 6.02. The van der Waals surface area contributed by atoms with E-state index in [0.29, 0.717) is 0 Å². The van der Waals surface area contributed by atoms with E-state index in [1.807, 2.05) is 0 Å². The number of hydrogen-bond acceptors (Lipinski definition) is 5. The van der Waals surface area contributed by atoms with Crippen LogP contribution in [0.5, 0.6) is 0 Å².